The molecule has 1 N–H and O–H groups in total. The molecule has 1 saturated carbocycles. The monoisotopic (exact) mass is 280 g/mol. The van der Waals surface area contributed by atoms with Gasteiger partial charge in [0.1, 0.15) is 0 Å². The summed E-state index contributed by atoms with van der Waals surface area (Å²) in [7, 11) is 0. The van der Waals surface area contributed by atoms with Crippen LogP contribution in [0.2, 0.25) is 0 Å². The fourth-order valence-electron chi connectivity index (χ4n) is 2.55. The topological polar surface area (TPSA) is 24.9 Å². The third-order valence-electron chi connectivity index (χ3n) is 4.06. The second-order valence-corrected chi connectivity index (χ2v) is 7.96. The van der Waals surface area contributed by atoms with Crippen LogP contribution < -0.4 is 5.32 Å². The van der Waals surface area contributed by atoms with Crippen LogP contribution in [-0.2, 0) is 11.8 Å². The molecule has 0 radical (unpaired) electrons. The lowest BCUT2D eigenvalue weighted by Crippen LogP contribution is -2.34. The zero-order valence-electron chi connectivity index (χ0n) is 13.0. The Hall–Kier alpha value is -0.410. The quantitative estimate of drug-likeness (QED) is 0.851. The minimum atomic E-state index is 0.175. The Balaban J connectivity index is 1.98. The van der Waals surface area contributed by atoms with Crippen molar-refractivity contribution in [3.8, 4) is 0 Å². The highest BCUT2D eigenvalue weighted by Gasteiger charge is 2.39. The lowest BCUT2D eigenvalue weighted by atomic mass is 9.93. The molecule has 108 valence electrons. The number of nitrogens with zero attached hydrogens (tertiary/aromatic N) is 1. The largest absolute Gasteiger partial charge is 0.313 e. The van der Waals surface area contributed by atoms with Gasteiger partial charge in [-0.05, 0) is 31.2 Å². The molecule has 0 aliphatic heterocycles. The maximum absolute atomic E-state index is 4.84. The normalized spacial score (nSPS) is 24.5. The van der Waals surface area contributed by atoms with E-state index < -0.39 is 0 Å². The molecule has 1 fully saturated rings. The Morgan fingerprint density at radius 3 is 2.63 bits per heavy atom. The predicted molar refractivity (Wildman–Crippen MR) is 83.9 cm³/mol. The van der Waals surface area contributed by atoms with Crippen molar-refractivity contribution in [1.29, 1.82) is 0 Å². The van der Waals surface area contributed by atoms with Gasteiger partial charge in [-0.1, -0.05) is 34.6 Å². The molecule has 2 rings (SSSR count). The van der Waals surface area contributed by atoms with Crippen LogP contribution in [0.25, 0.3) is 0 Å². The minimum absolute atomic E-state index is 0.175. The fraction of sp³-hybridized carbons (Fsp3) is 0.812. The standard InChI is InChI=1S/C16H28N2S/c1-6-7-17-13(12-8-11(12)2)9-15-18-14(10-19-15)16(3,4)5/h10-13,17H,6-9H2,1-5H3. The minimum Gasteiger partial charge on any atom is -0.313 e. The van der Waals surface area contributed by atoms with Gasteiger partial charge in [-0.15, -0.1) is 11.3 Å². The van der Waals surface area contributed by atoms with E-state index in [1.54, 1.807) is 0 Å². The van der Waals surface area contributed by atoms with Crippen molar-refractivity contribution >= 4 is 11.3 Å². The number of rotatable bonds is 6. The van der Waals surface area contributed by atoms with Gasteiger partial charge in [-0.25, -0.2) is 4.98 Å². The van der Waals surface area contributed by atoms with E-state index in [9.17, 15) is 0 Å². The summed E-state index contributed by atoms with van der Waals surface area (Å²) in [5.74, 6) is 1.77. The van der Waals surface area contributed by atoms with Crippen molar-refractivity contribution in [3.05, 3.63) is 16.1 Å². The highest BCUT2D eigenvalue weighted by atomic mass is 32.1. The molecule has 1 aliphatic rings. The first kappa shape index (κ1) is 15.0. The van der Waals surface area contributed by atoms with Crippen LogP contribution >= 0.6 is 11.3 Å². The van der Waals surface area contributed by atoms with Crippen molar-refractivity contribution in [1.82, 2.24) is 10.3 Å². The molecular formula is C16H28N2S. The van der Waals surface area contributed by atoms with Crippen LogP contribution in [0.1, 0.15) is 58.2 Å². The molecular weight excluding hydrogens is 252 g/mol. The van der Waals surface area contributed by atoms with Crippen LogP contribution in [-0.4, -0.2) is 17.6 Å². The second kappa shape index (κ2) is 5.92. The number of hydrogen-bond acceptors (Lipinski definition) is 3. The van der Waals surface area contributed by atoms with Crippen LogP contribution in [0.5, 0.6) is 0 Å². The molecule has 1 aromatic rings. The summed E-state index contributed by atoms with van der Waals surface area (Å²) in [5.41, 5.74) is 1.42. The van der Waals surface area contributed by atoms with Crippen LogP contribution in [0.4, 0.5) is 0 Å². The molecule has 1 aliphatic carbocycles. The molecule has 3 atom stereocenters. The molecule has 3 unspecified atom stereocenters. The average Bonchev–Trinajstić information content (AvgIpc) is 2.87. The van der Waals surface area contributed by atoms with Crippen LogP contribution in [0.15, 0.2) is 5.38 Å². The number of hydrogen-bond donors (Lipinski definition) is 1. The van der Waals surface area contributed by atoms with E-state index in [0.29, 0.717) is 6.04 Å². The third-order valence-corrected chi connectivity index (χ3v) is 4.93. The Morgan fingerprint density at radius 1 is 1.47 bits per heavy atom. The van der Waals surface area contributed by atoms with E-state index in [1.165, 1.54) is 23.5 Å². The predicted octanol–water partition coefficient (Wildman–Crippen LogP) is 4.01. The summed E-state index contributed by atoms with van der Waals surface area (Å²) in [6, 6.07) is 0.633. The van der Waals surface area contributed by atoms with E-state index in [1.807, 2.05) is 11.3 Å². The summed E-state index contributed by atoms with van der Waals surface area (Å²) >= 11 is 1.83. The SMILES string of the molecule is CCCNC(Cc1nc(C(C)(C)C)cs1)C1CC1C. The summed E-state index contributed by atoms with van der Waals surface area (Å²) in [6.45, 7) is 12.4. The Kier molecular flexibility index (Phi) is 4.67. The van der Waals surface area contributed by atoms with E-state index >= 15 is 0 Å². The lowest BCUT2D eigenvalue weighted by Gasteiger charge is -2.18. The van der Waals surface area contributed by atoms with Gasteiger partial charge in [0.25, 0.3) is 0 Å². The van der Waals surface area contributed by atoms with Gasteiger partial charge in [0.2, 0.25) is 0 Å². The Bertz CT molecular complexity index is 405. The molecule has 0 aromatic carbocycles. The van der Waals surface area contributed by atoms with Gasteiger partial charge >= 0.3 is 0 Å². The summed E-state index contributed by atoms with van der Waals surface area (Å²) in [6.07, 6.45) is 3.71. The first-order chi connectivity index (χ1) is 8.91. The van der Waals surface area contributed by atoms with Gasteiger partial charge in [-0.2, -0.15) is 0 Å². The summed E-state index contributed by atoms with van der Waals surface area (Å²) < 4.78 is 0. The molecule has 19 heavy (non-hydrogen) atoms. The molecule has 3 heteroatoms. The number of nitrogens with one attached hydrogen (secondary N) is 1. The van der Waals surface area contributed by atoms with Crippen molar-refractivity contribution in [2.24, 2.45) is 11.8 Å². The first-order valence-electron chi connectivity index (χ1n) is 7.60. The Labute approximate surface area is 122 Å². The van der Waals surface area contributed by atoms with Crippen molar-refractivity contribution < 1.29 is 0 Å². The molecule has 0 amide bonds. The highest BCUT2D eigenvalue weighted by molar-refractivity contribution is 7.09. The van der Waals surface area contributed by atoms with Gasteiger partial charge < -0.3 is 5.32 Å². The van der Waals surface area contributed by atoms with Gasteiger partial charge in [-0.3, -0.25) is 0 Å². The summed E-state index contributed by atoms with van der Waals surface area (Å²) in [5, 5.41) is 7.27. The Morgan fingerprint density at radius 2 is 2.16 bits per heavy atom. The zero-order chi connectivity index (χ0) is 14.0. The van der Waals surface area contributed by atoms with Gasteiger partial charge in [0, 0.05) is 23.3 Å². The first-order valence-corrected chi connectivity index (χ1v) is 8.48. The zero-order valence-corrected chi connectivity index (χ0v) is 13.8. The molecule has 1 aromatic heterocycles. The molecule has 0 saturated heterocycles. The lowest BCUT2D eigenvalue weighted by molar-refractivity contribution is 0.442. The van der Waals surface area contributed by atoms with Crippen molar-refractivity contribution in [2.45, 2.75) is 65.3 Å². The van der Waals surface area contributed by atoms with E-state index in [0.717, 1.165) is 24.8 Å². The third kappa shape index (κ3) is 4.03. The van der Waals surface area contributed by atoms with E-state index in [2.05, 4.69) is 45.3 Å². The fourth-order valence-corrected chi connectivity index (χ4v) is 3.63. The molecule has 0 bridgehead atoms. The van der Waals surface area contributed by atoms with Gasteiger partial charge in [0.05, 0.1) is 10.7 Å². The van der Waals surface area contributed by atoms with E-state index in [4.69, 9.17) is 4.98 Å². The number of thiazole rings is 1. The molecule has 2 nitrogen and oxygen atoms in total. The van der Waals surface area contributed by atoms with Crippen molar-refractivity contribution in [3.63, 3.8) is 0 Å². The van der Waals surface area contributed by atoms with Crippen molar-refractivity contribution in [2.75, 3.05) is 6.54 Å². The van der Waals surface area contributed by atoms with Gasteiger partial charge in [0.15, 0.2) is 0 Å². The maximum atomic E-state index is 4.84. The average molecular weight is 280 g/mol. The highest BCUT2D eigenvalue weighted by Crippen LogP contribution is 2.41. The maximum Gasteiger partial charge on any atom is 0.0944 e. The smallest absolute Gasteiger partial charge is 0.0944 e. The van der Waals surface area contributed by atoms with Crippen LogP contribution in [0, 0.1) is 11.8 Å². The molecule has 0 spiro atoms. The van der Waals surface area contributed by atoms with Crippen LogP contribution in [0.3, 0.4) is 0 Å². The second-order valence-electron chi connectivity index (χ2n) is 7.02. The molecule has 1 heterocycles. The number of aromatic nitrogens is 1. The van der Waals surface area contributed by atoms with E-state index in [-0.39, 0.29) is 5.41 Å². The summed E-state index contributed by atoms with van der Waals surface area (Å²) in [4.78, 5) is 4.84.